The van der Waals surface area contributed by atoms with E-state index in [1.807, 2.05) is 6.26 Å². The normalized spacial score (nSPS) is 12.0. The minimum absolute atomic E-state index is 0.681. The number of rotatable bonds is 11. The highest BCUT2D eigenvalue weighted by Crippen LogP contribution is 2.14. The van der Waals surface area contributed by atoms with E-state index in [2.05, 4.69) is 56.0 Å². The Morgan fingerprint density at radius 1 is 1.24 bits per heavy atom. The molecule has 0 fully saturated rings. The molecule has 0 radical (unpaired) electrons. The number of hydrogen-bond acceptors (Lipinski definition) is 4. The third-order valence-corrected chi connectivity index (χ3v) is 3.43. The van der Waals surface area contributed by atoms with Crippen LogP contribution in [0.4, 0.5) is 0 Å². The van der Waals surface area contributed by atoms with Crippen molar-refractivity contribution in [3.05, 3.63) is 23.7 Å². The maximum Gasteiger partial charge on any atom is 0.122 e. The van der Waals surface area contributed by atoms with Crippen LogP contribution < -0.4 is 5.32 Å². The highest BCUT2D eigenvalue weighted by atomic mass is 16.3. The van der Waals surface area contributed by atoms with E-state index in [1.54, 1.807) is 0 Å². The Balaban J connectivity index is 2.58. The summed E-state index contributed by atoms with van der Waals surface area (Å²) >= 11 is 0. The summed E-state index contributed by atoms with van der Waals surface area (Å²) in [4.78, 5) is 4.77. The summed E-state index contributed by atoms with van der Waals surface area (Å²) in [6.45, 7) is 12.9. The maximum absolute atomic E-state index is 5.64. The van der Waals surface area contributed by atoms with Gasteiger partial charge in [0.1, 0.15) is 5.76 Å². The summed E-state index contributed by atoms with van der Waals surface area (Å²) in [6.07, 6.45) is 2.97. The van der Waals surface area contributed by atoms with Crippen LogP contribution in [-0.4, -0.2) is 50.1 Å². The highest BCUT2D eigenvalue weighted by Gasteiger charge is 2.13. The van der Waals surface area contributed by atoms with Crippen molar-refractivity contribution in [2.24, 2.45) is 5.92 Å². The average molecular weight is 295 g/mol. The Hall–Kier alpha value is -0.840. The summed E-state index contributed by atoms with van der Waals surface area (Å²) in [5.74, 6) is 1.77. The fourth-order valence-corrected chi connectivity index (χ4v) is 2.38. The van der Waals surface area contributed by atoms with Gasteiger partial charge in [-0.1, -0.05) is 20.8 Å². The van der Waals surface area contributed by atoms with Crippen LogP contribution in [-0.2, 0) is 13.1 Å². The lowest BCUT2D eigenvalue weighted by molar-refractivity contribution is 0.210. The molecule has 0 amide bonds. The van der Waals surface area contributed by atoms with Crippen LogP contribution in [0.15, 0.2) is 16.7 Å². The second-order valence-electron chi connectivity index (χ2n) is 6.48. The molecule has 0 saturated carbocycles. The van der Waals surface area contributed by atoms with E-state index in [4.69, 9.17) is 4.42 Å². The van der Waals surface area contributed by atoms with Crippen LogP contribution in [0, 0.1) is 5.92 Å². The van der Waals surface area contributed by atoms with Crippen LogP contribution in [0.2, 0.25) is 0 Å². The largest absolute Gasteiger partial charge is 0.468 e. The van der Waals surface area contributed by atoms with Gasteiger partial charge in [-0.2, -0.15) is 0 Å². The van der Waals surface area contributed by atoms with E-state index in [-0.39, 0.29) is 0 Å². The van der Waals surface area contributed by atoms with Gasteiger partial charge in [-0.3, -0.25) is 4.90 Å². The topological polar surface area (TPSA) is 31.7 Å². The molecule has 4 nitrogen and oxygen atoms in total. The quantitative estimate of drug-likeness (QED) is 0.636. The van der Waals surface area contributed by atoms with Gasteiger partial charge in [0.2, 0.25) is 0 Å². The Bertz CT molecular complexity index is 374. The number of furan rings is 1. The Morgan fingerprint density at radius 2 is 2.00 bits per heavy atom. The Kier molecular flexibility index (Phi) is 8.66. The van der Waals surface area contributed by atoms with Crippen LogP contribution in [0.5, 0.6) is 0 Å². The van der Waals surface area contributed by atoms with Gasteiger partial charge < -0.3 is 14.6 Å². The van der Waals surface area contributed by atoms with Crippen LogP contribution in [0.1, 0.15) is 38.5 Å². The molecule has 0 aliphatic carbocycles. The number of likely N-dealkylation sites (N-methyl/N-ethyl adjacent to an activating group) is 1. The second-order valence-corrected chi connectivity index (χ2v) is 6.48. The fourth-order valence-electron chi connectivity index (χ4n) is 2.38. The van der Waals surface area contributed by atoms with E-state index in [0.717, 1.165) is 51.4 Å². The van der Waals surface area contributed by atoms with Gasteiger partial charge in [-0.25, -0.2) is 0 Å². The summed E-state index contributed by atoms with van der Waals surface area (Å²) in [7, 11) is 4.26. The van der Waals surface area contributed by atoms with Gasteiger partial charge in [0.25, 0.3) is 0 Å². The second kappa shape index (κ2) is 9.98. The van der Waals surface area contributed by atoms with Crippen LogP contribution >= 0.6 is 0 Å². The zero-order chi connectivity index (χ0) is 15.7. The molecule has 21 heavy (non-hydrogen) atoms. The average Bonchev–Trinajstić information content (AvgIpc) is 2.83. The van der Waals surface area contributed by atoms with Crippen LogP contribution in [0.3, 0.4) is 0 Å². The first-order chi connectivity index (χ1) is 10.0. The molecule has 0 unspecified atom stereocenters. The maximum atomic E-state index is 5.64. The first-order valence-electron chi connectivity index (χ1n) is 8.16. The first-order valence-corrected chi connectivity index (χ1v) is 8.16. The van der Waals surface area contributed by atoms with E-state index >= 15 is 0 Å². The van der Waals surface area contributed by atoms with E-state index in [0.29, 0.717) is 5.92 Å². The predicted molar refractivity (Wildman–Crippen MR) is 89.4 cm³/mol. The van der Waals surface area contributed by atoms with E-state index < -0.39 is 0 Å². The summed E-state index contributed by atoms with van der Waals surface area (Å²) < 4.78 is 5.64. The van der Waals surface area contributed by atoms with Crippen molar-refractivity contribution in [3.8, 4) is 0 Å². The van der Waals surface area contributed by atoms with Crippen molar-refractivity contribution >= 4 is 0 Å². The molecule has 0 aliphatic rings. The smallest absolute Gasteiger partial charge is 0.122 e. The molecule has 0 aromatic carbocycles. The molecular formula is C17H33N3O. The molecule has 1 aromatic rings. The third kappa shape index (κ3) is 7.65. The van der Waals surface area contributed by atoms with Gasteiger partial charge in [0.15, 0.2) is 0 Å². The van der Waals surface area contributed by atoms with Gasteiger partial charge >= 0.3 is 0 Å². The van der Waals surface area contributed by atoms with Crippen molar-refractivity contribution in [1.82, 2.24) is 15.1 Å². The molecule has 0 atom stereocenters. The highest BCUT2D eigenvalue weighted by molar-refractivity contribution is 5.16. The molecular weight excluding hydrogens is 262 g/mol. The van der Waals surface area contributed by atoms with E-state index in [1.165, 1.54) is 5.56 Å². The number of nitrogens with zero attached hydrogens (tertiary/aromatic N) is 2. The molecule has 0 spiro atoms. The van der Waals surface area contributed by atoms with E-state index in [9.17, 15) is 0 Å². The van der Waals surface area contributed by atoms with Gasteiger partial charge in [-0.15, -0.1) is 0 Å². The molecule has 1 aromatic heterocycles. The van der Waals surface area contributed by atoms with Gasteiger partial charge in [0.05, 0.1) is 12.8 Å². The number of hydrogen-bond donors (Lipinski definition) is 1. The minimum atomic E-state index is 0.681. The predicted octanol–water partition coefficient (Wildman–Crippen LogP) is 2.80. The minimum Gasteiger partial charge on any atom is -0.468 e. The monoisotopic (exact) mass is 295 g/mol. The third-order valence-electron chi connectivity index (χ3n) is 3.43. The molecule has 0 aliphatic heterocycles. The van der Waals surface area contributed by atoms with Crippen molar-refractivity contribution < 1.29 is 4.42 Å². The SMILES string of the molecule is CCCNCc1occc1CN(CCN(C)C)CC(C)C. The molecule has 1 N–H and O–H groups in total. The molecule has 0 bridgehead atoms. The molecule has 0 saturated heterocycles. The van der Waals surface area contributed by atoms with Crippen LogP contribution in [0.25, 0.3) is 0 Å². The first kappa shape index (κ1) is 18.2. The van der Waals surface area contributed by atoms with Gasteiger partial charge in [-0.05, 0) is 39.0 Å². The molecule has 4 heteroatoms. The lowest BCUT2D eigenvalue weighted by Crippen LogP contribution is -2.34. The summed E-state index contributed by atoms with van der Waals surface area (Å²) in [5, 5.41) is 3.42. The lowest BCUT2D eigenvalue weighted by Gasteiger charge is -2.25. The van der Waals surface area contributed by atoms with Crippen molar-refractivity contribution in [2.75, 3.05) is 40.3 Å². The van der Waals surface area contributed by atoms with Crippen molar-refractivity contribution in [1.29, 1.82) is 0 Å². The molecule has 1 heterocycles. The summed E-state index contributed by atoms with van der Waals surface area (Å²) in [5.41, 5.74) is 1.32. The lowest BCUT2D eigenvalue weighted by atomic mass is 10.1. The fraction of sp³-hybridized carbons (Fsp3) is 0.765. The standard InChI is InChI=1S/C17H33N3O/c1-6-8-18-12-17-16(7-11-21-17)14-20(13-15(2)3)10-9-19(4)5/h7,11,15,18H,6,8-10,12-14H2,1-5H3. The zero-order valence-electron chi connectivity index (χ0n) is 14.5. The summed E-state index contributed by atoms with van der Waals surface area (Å²) in [6, 6.07) is 2.12. The Morgan fingerprint density at radius 3 is 2.62 bits per heavy atom. The Labute approximate surface area is 130 Å². The molecule has 1 rings (SSSR count). The number of nitrogens with one attached hydrogen (secondary N) is 1. The van der Waals surface area contributed by atoms with Crippen molar-refractivity contribution in [2.45, 2.75) is 40.3 Å². The van der Waals surface area contributed by atoms with Crippen molar-refractivity contribution in [3.63, 3.8) is 0 Å². The van der Waals surface area contributed by atoms with Gasteiger partial charge in [0, 0.05) is 31.7 Å². The zero-order valence-corrected chi connectivity index (χ0v) is 14.5. The molecule has 122 valence electrons.